The fourth-order valence-electron chi connectivity index (χ4n) is 5.60. The molecule has 6 atom stereocenters. The van der Waals surface area contributed by atoms with Gasteiger partial charge in [-0.05, 0) is 44.5 Å². The zero-order valence-electron chi connectivity index (χ0n) is 17.4. The third-order valence-corrected chi connectivity index (χ3v) is 6.97. The fourth-order valence-corrected chi connectivity index (χ4v) is 5.60. The monoisotopic (exact) mass is 465 g/mol. The van der Waals surface area contributed by atoms with Crippen LogP contribution in [0.4, 0.5) is 5.69 Å². The SMILES string of the molecule is CN(C)C1C(=O)C(C(N)=O)C(=O)C2(O)C(=O)C3C(=O)c4c(ccc(N)c4O)CC3CC12.Cl. The number of halogens is 1. The van der Waals surface area contributed by atoms with Crippen molar-refractivity contribution in [2.24, 2.45) is 29.4 Å². The molecule has 0 saturated heterocycles. The Morgan fingerprint density at radius 1 is 1.16 bits per heavy atom. The summed E-state index contributed by atoms with van der Waals surface area (Å²) < 4.78 is 0. The molecule has 0 spiro atoms. The van der Waals surface area contributed by atoms with Crippen LogP contribution in [0.3, 0.4) is 0 Å². The van der Waals surface area contributed by atoms with E-state index in [4.69, 9.17) is 11.5 Å². The lowest BCUT2D eigenvalue weighted by Gasteiger charge is -2.52. The molecule has 0 aliphatic heterocycles. The third kappa shape index (κ3) is 2.90. The predicted molar refractivity (Wildman–Crippen MR) is 113 cm³/mol. The molecule has 0 bridgehead atoms. The van der Waals surface area contributed by atoms with Gasteiger partial charge in [0.1, 0.15) is 5.75 Å². The molecule has 6 N–H and O–H groups in total. The van der Waals surface area contributed by atoms with Crippen LogP contribution in [-0.4, -0.2) is 69.9 Å². The number of primary amides is 1. The molecule has 3 aliphatic carbocycles. The number of rotatable bonds is 2. The van der Waals surface area contributed by atoms with Crippen LogP contribution < -0.4 is 11.5 Å². The van der Waals surface area contributed by atoms with Crippen LogP contribution in [0.5, 0.6) is 5.75 Å². The van der Waals surface area contributed by atoms with Gasteiger partial charge in [0.2, 0.25) is 5.91 Å². The van der Waals surface area contributed by atoms with Gasteiger partial charge in [-0.25, -0.2) is 0 Å². The number of nitrogen functional groups attached to an aromatic ring is 1. The largest absolute Gasteiger partial charge is 0.505 e. The topological polar surface area (TPSA) is 181 Å². The minimum absolute atomic E-state index is 0. The second-order valence-electron chi connectivity index (χ2n) is 8.83. The minimum atomic E-state index is -2.72. The average Bonchev–Trinajstić information content (AvgIpc) is 2.67. The number of nitrogens with two attached hydrogens (primary N) is 2. The zero-order chi connectivity index (χ0) is 23.0. The molecule has 1 amide bonds. The lowest BCUT2D eigenvalue weighted by molar-refractivity contribution is -0.181. The number of phenols is 1. The Bertz CT molecular complexity index is 1070. The first-order valence-electron chi connectivity index (χ1n) is 9.87. The molecule has 4 rings (SSSR count). The highest BCUT2D eigenvalue weighted by Crippen LogP contribution is 2.50. The number of nitrogens with zero attached hydrogens (tertiary/aromatic N) is 1. The third-order valence-electron chi connectivity index (χ3n) is 6.97. The van der Waals surface area contributed by atoms with Gasteiger partial charge in [-0.1, -0.05) is 6.07 Å². The number of anilines is 1. The number of amides is 1. The first kappa shape index (κ1) is 23.8. The predicted octanol–water partition coefficient (Wildman–Crippen LogP) is -1.13. The Hall–Kier alpha value is -2.82. The van der Waals surface area contributed by atoms with Crippen molar-refractivity contribution in [1.82, 2.24) is 4.90 Å². The Kier molecular flexibility index (Phi) is 5.70. The number of hydrogen-bond acceptors (Lipinski definition) is 9. The van der Waals surface area contributed by atoms with Crippen molar-refractivity contribution in [3.05, 3.63) is 23.3 Å². The molecular weight excluding hydrogens is 442 g/mol. The number of Topliss-reactive ketones (excluding diaryl/α,β-unsaturated/α-hetero) is 4. The van der Waals surface area contributed by atoms with E-state index in [0.717, 1.165) is 0 Å². The highest BCUT2D eigenvalue weighted by Gasteiger charge is 2.69. The Morgan fingerprint density at radius 3 is 2.34 bits per heavy atom. The minimum Gasteiger partial charge on any atom is -0.505 e. The molecule has 172 valence electrons. The summed E-state index contributed by atoms with van der Waals surface area (Å²) >= 11 is 0. The van der Waals surface area contributed by atoms with Crippen LogP contribution in [-0.2, 0) is 25.6 Å². The number of likely N-dealkylation sites (N-methyl/N-ethyl adjacent to an activating group) is 1. The van der Waals surface area contributed by atoms with Crippen molar-refractivity contribution in [1.29, 1.82) is 0 Å². The molecule has 6 unspecified atom stereocenters. The van der Waals surface area contributed by atoms with E-state index in [-0.39, 0.29) is 36.5 Å². The Labute approximate surface area is 189 Å². The second-order valence-corrected chi connectivity index (χ2v) is 8.83. The van der Waals surface area contributed by atoms with E-state index in [0.29, 0.717) is 5.56 Å². The van der Waals surface area contributed by atoms with E-state index in [1.54, 1.807) is 6.07 Å². The molecule has 1 aromatic carbocycles. The molecule has 32 heavy (non-hydrogen) atoms. The van der Waals surface area contributed by atoms with Crippen molar-refractivity contribution in [3.63, 3.8) is 0 Å². The number of fused-ring (bicyclic) bond motifs is 3. The normalized spacial score (nSPS) is 33.8. The van der Waals surface area contributed by atoms with Gasteiger partial charge in [0.15, 0.2) is 34.7 Å². The average molecular weight is 466 g/mol. The summed E-state index contributed by atoms with van der Waals surface area (Å²) in [5.74, 6) is -10.7. The van der Waals surface area contributed by atoms with Crippen LogP contribution in [0, 0.1) is 23.7 Å². The summed E-state index contributed by atoms with van der Waals surface area (Å²) in [6.45, 7) is 0. The van der Waals surface area contributed by atoms with Gasteiger partial charge in [0.25, 0.3) is 0 Å². The van der Waals surface area contributed by atoms with Gasteiger partial charge in [0.05, 0.1) is 23.2 Å². The molecule has 11 heteroatoms. The number of phenolic OH excluding ortho intramolecular Hbond substituents is 1. The maximum Gasteiger partial charge on any atom is 0.235 e. The number of aromatic hydroxyl groups is 1. The van der Waals surface area contributed by atoms with Gasteiger partial charge in [0, 0.05) is 5.92 Å². The zero-order valence-corrected chi connectivity index (χ0v) is 18.2. The maximum absolute atomic E-state index is 13.5. The molecule has 2 fully saturated rings. The number of ketones is 4. The quantitative estimate of drug-likeness (QED) is 0.238. The number of carbonyl (C=O) groups excluding carboxylic acids is 5. The van der Waals surface area contributed by atoms with Crippen LogP contribution in [0.2, 0.25) is 0 Å². The van der Waals surface area contributed by atoms with Crippen molar-refractivity contribution >= 4 is 47.1 Å². The van der Waals surface area contributed by atoms with Gasteiger partial charge < -0.3 is 21.7 Å². The first-order valence-corrected chi connectivity index (χ1v) is 9.87. The van der Waals surface area contributed by atoms with E-state index >= 15 is 0 Å². The van der Waals surface area contributed by atoms with Crippen LogP contribution >= 0.6 is 12.4 Å². The summed E-state index contributed by atoms with van der Waals surface area (Å²) in [6, 6.07) is 1.94. The molecule has 3 aliphatic rings. The highest BCUT2D eigenvalue weighted by atomic mass is 35.5. The maximum atomic E-state index is 13.5. The van der Waals surface area contributed by atoms with Crippen LogP contribution in [0.15, 0.2) is 12.1 Å². The lowest BCUT2D eigenvalue weighted by atomic mass is 9.52. The van der Waals surface area contributed by atoms with E-state index < -0.39 is 70.1 Å². The molecule has 0 aromatic heterocycles. The van der Waals surface area contributed by atoms with Crippen molar-refractivity contribution in [2.45, 2.75) is 24.5 Å². The molecule has 1 aromatic rings. The van der Waals surface area contributed by atoms with Crippen molar-refractivity contribution < 1.29 is 34.2 Å². The van der Waals surface area contributed by atoms with E-state index in [2.05, 4.69) is 0 Å². The smallest absolute Gasteiger partial charge is 0.235 e. The van der Waals surface area contributed by atoms with E-state index in [1.807, 2.05) is 0 Å². The van der Waals surface area contributed by atoms with E-state index in [1.165, 1.54) is 25.1 Å². The Morgan fingerprint density at radius 2 is 1.78 bits per heavy atom. The van der Waals surface area contributed by atoms with Crippen molar-refractivity contribution in [2.75, 3.05) is 19.8 Å². The number of benzene rings is 1. The van der Waals surface area contributed by atoms with E-state index in [9.17, 15) is 34.2 Å². The molecule has 0 heterocycles. The van der Waals surface area contributed by atoms with Gasteiger partial charge in [-0.3, -0.25) is 28.9 Å². The number of aliphatic hydroxyl groups is 1. The standard InChI is InChI=1S/C21H23N3O7.ClH/c1-24(2)14-9-6-8-5-7-3-4-10(22)15(25)11(7)16(26)12(8)18(28)21(9,31)19(29)13(17(14)27)20(23)30;/h3-4,8-9,12-14,25,31H,5-6,22H2,1-2H3,(H2,23,30);1H. The van der Waals surface area contributed by atoms with Gasteiger partial charge in [-0.2, -0.15) is 0 Å². The summed E-state index contributed by atoms with van der Waals surface area (Å²) in [4.78, 5) is 66.0. The summed E-state index contributed by atoms with van der Waals surface area (Å²) in [5.41, 5.74) is 8.60. The van der Waals surface area contributed by atoms with Crippen LogP contribution in [0.1, 0.15) is 22.3 Å². The van der Waals surface area contributed by atoms with Gasteiger partial charge >= 0.3 is 0 Å². The van der Waals surface area contributed by atoms with Crippen LogP contribution in [0.25, 0.3) is 0 Å². The molecule has 10 nitrogen and oxygen atoms in total. The summed E-state index contributed by atoms with van der Waals surface area (Å²) in [6.07, 6.45) is 0.245. The first-order chi connectivity index (χ1) is 14.4. The van der Waals surface area contributed by atoms with Crippen molar-refractivity contribution in [3.8, 4) is 5.75 Å². The number of carbonyl (C=O) groups is 5. The van der Waals surface area contributed by atoms with Gasteiger partial charge in [-0.15, -0.1) is 12.4 Å². The molecular formula is C21H24ClN3O7. The molecule has 0 radical (unpaired) electrons. The Balaban J connectivity index is 0.00000289. The summed E-state index contributed by atoms with van der Waals surface area (Å²) in [5, 5.41) is 21.7. The molecule has 2 saturated carbocycles. The lowest BCUT2D eigenvalue weighted by Crippen LogP contribution is -2.74. The highest BCUT2D eigenvalue weighted by molar-refractivity contribution is 6.32. The number of hydrogen-bond donors (Lipinski definition) is 4. The summed E-state index contributed by atoms with van der Waals surface area (Å²) in [7, 11) is 3.07. The fraction of sp³-hybridized carbons (Fsp3) is 0.476. The second kappa shape index (κ2) is 7.65.